The Morgan fingerprint density at radius 2 is 2.18 bits per heavy atom. The highest BCUT2D eigenvalue weighted by Gasteiger charge is 2.26. The standard InChI is InChI=1S/C11H16F3N3/c12-11(13,14)5-1-4-10(17-15)7-9-3-2-6-16-8-9/h2-3,6,8,10,17H,1,4-5,7,15H2. The third-order valence-electron chi connectivity index (χ3n) is 2.45. The van der Waals surface area contributed by atoms with Crippen molar-refractivity contribution in [1.29, 1.82) is 0 Å². The minimum absolute atomic E-state index is 0.0820. The second kappa shape index (κ2) is 6.56. The van der Waals surface area contributed by atoms with E-state index in [1.54, 1.807) is 18.5 Å². The van der Waals surface area contributed by atoms with Crippen molar-refractivity contribution in [2.75, 3.05) is 0 Å². The van der Waals surface area contributed by atoms with Crippen LogP contribution in [0.15, 0.2) is 24.5 Å². The van der Waals surface area contributed by atoms with Gasteiger partial charge in [0.1, 0.15) is 0 Å². The van der Waals surface area contributed by atoms with Crippen LogP contribution in [-0.2, 0) is 6.42 Å². The Balaban J connectivity index is 2.34. The number of hydrogen-bond acceptors (Lipinski definition) is 3. The van der Waals surface area contributed by atoms with E-state index in [0.29, 0.717) is 12.8 Å². The lowest BCUT2D eigenvalue weighted by atomic mass is 10.0. The molecular weight excluding hydrogens is 231 g/mol. The Morgan fingerprint density at radius 1 is 1.41 bits per heavy atom. The molecule has 1 heterocycles. The predicted octanol–water partition coefficient (Wildman–Crippen LogP) is 2.19. The molecule has 0 radical (unpaired) electrons. The first-order chi connectivity index (χ1) is 8.01. The smallest absolute Gasteiger partial charge is 0.271 e. The number of aromatic nitrogens is 1. The average molecular weight is 247 g/mol. The molecule has 0 aromatic carbocycles. The lowest BCUT2D eigenvalue weighted by molar-refractivity contribution is -0.135. The van der Waals surface area contributed by atoms with Gasteiger partial charge in [-0.1, -0.05) is 6.07 Å². The van der Waals surface area contributed by atoms with Crippen LogP contribution in [0, 0.1) is 0 Å². The van der Waals surface area contributed by atoms with Crippen LogP contribution >= 0.6 is 0 Å². The molecule has 1 unspecified atom stereocenters. The van der Waals surface area contributed by atoms with Crippen molar-refractivity contribution in [3.63, 3.8) is 0 Å². The molecule has 0 saturated heterocycles. The van der Waals surface area contributed by atoms with Gasteiger partial charge in [0.15, 0.2) is 0 Å². The van der Waals surface area contributed by atoms with E-state index in [2.05, 4.69) is 10.4 Å². The average Bonchev–Trinajstić information content (AvgIpc) is 2.27. The number of nitrogens with zero attached hydrogens (tertiary/aromatic N) is 1. The second-order valence-corrected chi connectivity index (χ2v) is 3.94. The predicted molar refractivity (Wildman–Crippen MR) is 59.0 cm³/mol. The largest absolute Gasteiger partial charge is 0.389 e. The Kier molecular flexibility index (Phi) is 5.37. The van der Waals surface area contributed by atoms with Crippen LogP contribution in [0.2, 0.25) is 0 Å². The van der Waals surface area contributed by atoms with Crippen molar-refractivity contribution in [1.82, 2.24) is 10.4 Å². The van der Waals surface area contributed by atoms with Crippen LogP contribution in [0.4, 0.5) is 13.2 Å². The highest BCUT2D eigenvalue weighted by atomic mass is 19.4. The summed E-state index contributed by atoms with van der Waals surface area (Å²) in [5.41, 5.74) is 3.50. The maximum atomic E-state index is 12.0. The van der Waals surface area contributed by atoms with Gasteiger partial charge in [0.05, 0.1) is 0 Å². The van der Waals surface area contributed by atoms with Crippen molar-refractivity contribution < 1.29 is 13.2 Å². The minimum atomic E-state index is -4.09. The van der Waals surface area contributed by atoms with Gasteiger partial charge in [-0.05, 0) is 30.9 Å². The lowest BCUT2D eigenvalue weighted by Crippen LogP contribution is -2.37. The van der Waals surface area contributed by atoms with Crippen LogP contribution in [-0.4, -0.2) is 17.2 Å². The fourth-order valence-corrected chi connectivity index (χ4v) is 1.60. The molecule has 1 atom stereocenters. The number of nitrogens with one attached hydrogen (secondary N) is 1. The Bertz CT molecular complexity index is 313. The molecule has 0 fully saturated rings. The molecule has 96 valence electrons. The number of nitrogens with two attached hydrogens (primary N) is 1. The summed E-state index contributed by atoms with van der Waals surface area (Å²) in [5, 5.41) is 0. The zero-order valence-electron chi connectivity index (χ0n) is 9.37. The number of halogens is 3. The SMILES string of the molecule is NNC(CCCC(F)(F)F)Cc1cccnc1. The van der Waals surface area contributed by atoms with E-state index in [-0.39, 0.29) is 12.5 Å². The summed E-state index contributed by atoms with van der Waals surface area (Å²) in [5.74, 6) is 5.32. The van der Waals surface area contributed by atoms with Gasteiger partial charge in [0.2, 0.25) is 0 Å². The number of hydrazine groups is 1. The Morgan fingerprint density at radius 3 is 2.71 bits per heavy atom. The minimum Gasteiger partial charge on any atom is -0.271 e. The van der Waals surface area contributed by atoms with E-state index < -0.39 is 12.6 Å². The molecule has 0 saturated carbocycles. The van der Waals surface area contributed by atoms with Crippen LogP contribution < -0.4 is 11.3 Å². The van der Waals surface area contributed by atoms with Gasteiger partial charge in [-0.25, -0.2) is 0 Å². The number of alkyl halides is 3. The molecule has 3 N–H and O–H groups in total. The monoisotopic (exact) mass is 247 g/mol. The first kappa shape index (κ1) is 13.9. The summed E-state index contributed by atoms with van der Waals surface area (Å²) >= 11 is 0. The molecule has 0 bridgehead atoms. The molecule has 1 aromatic rings. The third-order valence-corrected chi connectivity index (χ3v) is 2.45. The van der Waals surface area contributed by atoms with E-state index in [1.165, 1.54) is 0 Å². The fourth-order valence-electron chi connectivity index (χ4n) is 1.60. The van der Waals surface area contributed by atoms with E-state index in [0.717, 1.165) is 5.56 Å². The van der Waals surface area contributed by atoms with Crippen molar-refractivity contribution in [3.8, 4) is 0 Å². The van der Waals surface area contributed by atoms with Crippen molar-refractivity contribution in [3.05, 3.63) is 30.1 Å². The van der Waals surface area contributed by atoms with Gasteiger partial charge in [-0.3, -0.25) is 16.3 Å². The van der Waals surface area contributed by atoms with Crippen molar-refractivity contribution >= 4 is 0 Å². The second-order valence-electron chi connectivity index (χ2n) is 3.94. The number of rotatable bonds is 6. The first-order valence-corrected chi connectivity index (χ1v) is 5.43. The number of pyridine rings is 1. The molecular formula is C11H16F3N3. The van der Waals surface area contributed by atoms with Gasteiger partial charge < -0.3 is 0 Å². The van der Waals surface area contributed by atoms with Crippen LogP contribution in [0.25, 0.3) is 0 Å². The van der Waals surface area contributed by atoms with E-state index >= 15 is 0 Å². The van der Waals surface area contributed by atoms with E-state index in [9.17, 15) is 13.2 Å². The number of hydrogen-bond donors (Lipinski definition) is 2. The molecule has 3 nitrogen and oxygen atoms in total. The van der Waals surface area contributed by atoms with Gasteiger partial charge in [0, 0.05) is 24.9 Å². The molecule has 0 amide bonds. The zero-order chi connectivity index (χ0) is 12.7. The van der Waals surface area contributed by atoms with Crippen molar-refractivity contribution in [2.24, 2.45) is 5.84 Å². The molecule has 1 aromatic heterocycles. The van der Waals surface area contributed by atoms with Crippen LogP contribution in [0.5, 0.6) is 0 Å². The molecule has 0 aliphatic rings. The van der Waals surface area contributed by atoms with Gasteiger partial charge in [0.25, 0.3) is 0 Å². The highest BCUT2D eigenvalue weighted by molar-refractivity contribution is 5.09. The van der Waals surface area contributed by atoms with Crippen LogP contribution in [0.3, 0.4) is 0 Å². The molecule has 0 spiro atoms. The zero-order valence-corrected chi connectivity index (χ0v) is 9.37. The fraction of sp³-hybridized carbons (Fsp3) is 0.545. The Labute approximate surface area is 98.2 Å². The van der Waals surface area contributed by atoms with Gasteiger partial charge in [-0.15, -0.1) is 0 Å². The highest BCUT2D eigenvalue weighted by Crippen LogP contribution is 2.23. The summed E-state index contributed by atoms with van der Waals surface area (Å²) in [6.07, 6.45) is -0.455. The normalized spacial score (nSPS) is 13.6. The molecule has 0 aliphatic carbocycles. The maximum Gasteiger partial charge on any atom is 0.389 e. The Hall–Kier alpha value is -1.14. The van der Waals surface area contributed by atoms with Crippen molar-refractivity contribution in [2.45, 2.75) is 37.9 Å². The van der Waals surface area contributed by atoms with Gasteiger partial charge >= 0.3 is 6.18 Å². The van der Waals surface area contributed by atoms with E-state index in [1.807, 2.05) is 6.07 Å². The van der Waals surface area contributed by atoms with E-state index in [4.69, 9.17) is 5.84 Å². The summed E-state index contributed by atoms with van der Waals surface area (Å²) < 4.78 is 35.9. The quantitative estimate of drug-likeness (QED) is 0.598. The maximum absolute atomic E-state index is 12.0. The summed E-state index contributed by atoms with van der Waals surface area (Å²) in [7, 11) is 0. The summed E-state index contributed by atoms with van der Waals surface area (Å²) in [6.45, 7) is 0. The molecule has 0 aliphatic heterocycles. The summed E-state index contributed by atoms with van der Waals surface area (Å²) in [4.78, 5) is 3.94. The summed E-state index contributed by atoms with van der Waals surface area (Å²) in [6, 6.07) is 3.52. The first-order valence-electron chi connectivity index (χ1n) is 5.43. The van der Waals surface area contributed by atoms with Gasteiger partial charge in [-0.2, -0.15) is 13.2 Å². The third kappa shape index (κ3) is 6.23. The lowest BCUT2D eigenvalue weighted by Gasteiger charge is -2.16. The van der Waals surface area contributed by atoms with Crippen LogP contribution in [0.1, 0.15) is 24.8 Å². The molecule has 1 rings (SSSR count). The molecule has 17 heavy (non-hydrogen) atoms. The molecule has 6 heteroatoms. The topological polar surface area (TPSA) is 50.9 Å².